The van der Waals surface area contributed by atoms with Crippen LogP contribution in [0.25, 0.3) is 0 Å². The van der Waals surface area contributed by atoms with E-state index in [1.54, 1.807) is 18.2 Å². The Labute approximate surface area is 198 Å². The van der Waals surface area contributed by atoms with Crippen molar-refractivity contribution in [3.63, 3.8) is 0 Å². The first kappa shape index (κ1) is 24.4. The minimum Gasteiger partial charge on any atom is -0.365 e. The average Bonchev–Trinajstić information content (AvgIpc) is 3.15. The van der Waals surface area contributed by atoms with Crippen molar-refractivity contribution in [2.24, 2.45) is 4.99 Å². The van der Waals surface area contributed by atoms with Crippen LogP contribution in [-0.2, 0) is 27.4 Å². The number of halogens is 3. The molecule has 0 spiro atoms. The zero-order valence-corrected chi connectivity index (χ0v) is 19.4. The molecule has 2 aliphatic heterocycles. The quantitative estimate of drug-likeness (QED) is 0.517. The number of benzene rings is 1. The molecule has 0 aliphatic carbocycles. The number of carbonyl (C=O) groups excluding carboxylic acids is 1. The predicted octanol–water partition coefficient (Wildman–Crippen LogP) is 2.18. The number of aliphatic imine (C=N–C) groups is 1. The second-order valence-corrected chi connectivity index (χ2v) is 9.75. The van der Waals surface area contributed by atoms with Crippen LogP contribution < -0.4 is 16.0 Å². The molecule has 0 saturated carbocycles. The number of hydrazine groups is 1. The molecule has 11 nitrogen and oxygen atoms in total. The van der Waals surface area contributed by atoms with Gasteiger partial charge in [0.05, 0.1) is 19.2 Å². The third-order valence-electron chi connectivity index (χ3n) is 5.23. The highest BCUT2D eigenvalue weighted by atomic mass is 32.2. The van der Waals surface area contributed by atoms with E-state index in [9.17, 15) is 26.4 Å². The van der Waals surface area contributed by atoms with Crippen LogP contribution in [0.3, 0.4) is 0 Å². The van der Waals surface area contributed by atoms with Gasteiger partial charge in [0.1, 0.15) is 11.4 Å². The number of sulfonamides is 1. The van der Waals surface area contributed by atoms with Gasteiger partial charge in [0.2, 0.25) is 21.9 Å². The van der Waals surface area contributed by atoms with E-state index in [1.807, 2.05) is 0 Å². The Kier molecular flexibility index (Phi) is 6.38. The fraction of sp³-hybridized carbons (Fsp3) is 0.300. The Bertz CT molecular complexity index is 1310. The number of hydrogen-bond acceptors (Lipinski definition) is 9. The topological polar surface area (TPSA) is 132 Å². The number of fused-ring (bicyclic) bond motifs is 1. The number of nitrogens with one attached hydrogen (secondary N) is 3. The maximum absolute atomic E-state index is 13.6. The van der Waals surface area contributed by atoms with E-state index in [0.717, 1.165) is 16.2 Å². The fourth-order valence-electron chi connectivity index (χ4n) is 3.45. The van der Waals surface area contributed by atoms with Crippen molar-refractivity contribution >= 4 is 45.3 Å². The number of rotatable bonds is 7. The number of amides is 1. The summed E-state index contributed by atoms with van der Waals surface area (Å²) in [6.45, 7) is -0.188. The van der Waals surface area contributed by atoms with E-state index in [4.69, 9.17) is 0 Å². The molecule has 3 heterocycles. The molecule has 0 saturated heterocycles. The lowest BCUT2D eigenvalue weighted by molar-refractivity contribution is -0.137. The lowest BCUT2D eigenvalue weighted by Crippen LogP contribution is -2.48. The van der Waals surface area contributed by atoms with Gasteiger partial charge in [-0.15, -0.1) is 4.41 Å². The van der Waals surface area contributed by atoms with Crippen LogP contribution in [0, 0.1) is 0 Å². The molecule has 2 aliphatic rings. The summed E-state index contributed by atoms with van der Waals surface area (Å²) in [7, 11) is -2.33. The van der Waals surface area contributed by atoms with E-state index in [0.29, 0.717) is 17.6 Å². The summed E-state index contributed by atoms with van der Waals surface area (Å²) < 4.78 is 65.6. The summed E-state index contributed by atoms with van der Waals surface area (Å²) >= 11 is 0. The molecule has 1 amide bonds. The van der Waals surface area contributed by atoms with Gasteiger partial charge in [-0.25, -0.2) is 13.4 Å². The molecular formula is C20H21F3N8O3S. The largest absolute Gasteiger partial charge is 0.421 e. The summed E-state index contributed by atoms with van der Waals surface area (Å²) in [4.78, 5) is 23.5. The third kappa shape index (κ3) is 5.51. The number of nitrogens with zero attached hydrogens (tertiary/aromatic N) is 5. The first-order valence-electron chi connectivity index (χ1n) is 10.2. The summed E-state index contributed by atoms with van der Waals surface area (Å²) in [6.07, 6.45) is 0.634. The molecule has 1 aromatic heterocycles. The smallest absolute Gasteiger partial charge is 0.365 e. The van der Waals surface area contributed by atoms with Gasteiger partial charge in [0, 0.05) is 37.0 Å². The van der Waals surface area contributed by atoms with Crippen molar-refractivity contribution in [1.29, 1.82) is 0 Å². The Morgan fingerprint density at radius 2 is 2.09 bits per heavy atom. The van der Waals surface area contributed by atoms with Crippen molar-refractivity contribution < 1.29 is 26.4 Å². The van der Waals surface area contributed by atoms with E-state index in [1.165, 1.54) is 30.5 Å². The normalized spacial score (nSPS) is 17.5. The zero-order valence-electron chi connectivity index (χ0n) is 18.5. The van der Waals surface area contributed by atoms with Gasteiger partial charge in [0.25, 0.3) is 0 Å². The Hall–Kier alpha value is -3.72. The van der Waals surface area contributed by atoms with E-state index in [2.05, 4.69) is 30.9 Å². The van der Waals surface area contributed by atoms with Crippen LogP contribution in [0.2, 0.25) is 0 Å². The maximum atomic E-state index is 13.6. The summed E-state index contributed by atoms with van der Waals surface area (Å²) in [5.41, 5.74) is 0.810. The molecule has 35 heavy (non-hydrogen) atoms. The Morgan fingerprint density at radius 1 is 1.31 bits per heavy atom. The van der Waals surface area contributed by atoms with Crippen molar-refractivity contribution in [2.45, 2.75) is 18.8 Å². The lowest BCUT2D eigenvalue weighted by atomic mass is 10.1. The molecular weight excluding hydrogens is 489 g/mol. The van der Waals surface area contributed by atoms with Crippen LogP contribution in [0.1, 0.15) is 11.1 Å². The van der Waals surface area contributed by atoms with Crippen molar-refractivity contribution in [2.75, 3.05) is 35.8 Å². The van der Waals surface area contributed by atoms with Gasteiger partial charge in [0.15, 0.2) is 6.17 Å². The summed E-state index contributed by atoms with van der Waals surface area (Å²) in [5.74, 6) is -0.750. The second kappa shape index (κ2) is 9.14. The average molecular weight is 511 g/mol. The van der Waals surface area contributed by atoms with Gasteiger partial charge in [-0.05, 0) is 29.8 Å². The monoisotopic (exact) mass is 510 g/mol. The van der Waals surface area contributed by atoms with Crippen LogP contribution in [-0.4, -0.2) is 65.9 Å². The number of allylic oxidation sites excluding steroid dienone is 1. The molecule has 15 heteroatoms. The highest BCUT2D eigenvalue weighted by Crippen LogP contribution is 2.34. The van der Waals surface area contributed by atoms with Gasteiger partial charge in [-0.1, -0.05) is 0 Å². The Balaban J connectivity index is 1.56. The van der Waals surface area contributed by atoms with Crippen molar-refractivity contribution in [3.8, 4) is 0 Å². The molecule has 0 bridgehead atoms. The van der Waals surface area contributed by atoms with Crippen molar-refractivity contribution in [3.05, 3.63) is 47.8 Å². The molecule has 4 rings (SSSR count). The number of anilines is 4. The van der Waals surface area contributed by atoms with Gasteiger partial charge < -0.3 is 16.0 Å². The standard InChI is InChI=1S/C20H21F3N8O3S/c1-30(35(2,33)34)31-7-3-6-24-16(31)11-25-18-14(20(21,22)23)10-26-19(29-18)27-13-4-5-15-12(8-13)9-17(32)28-15/h3-8,10,16H,9,11H2,1-2H3,(H,28,32)(H2,25,26,27,29). The second-order valence-electron chi connectivity index (χ2n) is 7.75. The first-order chi connectivity index (χ1) is 16.4. The molecule has 1 atom stereocenters. The van der Waals surface area contributed by atoms with E-state index in [-0.39, 0.29) is 24.8 Å². The highest BCUT2D eigenvalue weighted by molar-refractivity contribution is 7.88. The fourth-order valence-corrected chi connectivity index (χ4v) is 3.96. The van der Waals surface area contributed by atoms with E-state index < -0.39 is 33.7 Å². The minimum atomic E-state index is -4.74. The van der Waals surface area contributed by atoms with Gasteiger partial charge in [-0.3, -0.25) is 14.8 Å². The van der Waals surface area contributed by atoms with E-state index >= 15 is 0 Å². The van der Waals surface area contributed by atoms with Gasteiger partial charge in [-0.2, -0.15) is 18.2 Å². The van der Waals surface area contributed by atoms with Crippen molar-refractivity contribution in [1.82, 2.24) is 19.4 Å². The van der Waals surface area contributed by atoms with Crippen LogP contribution in [0.5, 0.6) is 0 Å². The Morgan fingerprint density at radius 3 is 2.80 bits per heavy atom. The highest BCUT2D eigenvalue weighted by Gasteiger charge is 2.36. The van der Waals surface area contributed by atoms with Crippen LogP contribution in [0.15, 0.2) is 41.7 Å². The SMILES string of the molecule is CN(N1C=CC=NC1CNc1nc(Nc2ccc3c(c2)CC(=O)N3)ncc1C(F)(F)F)S(C)(=O)=O. The molecule has 1 aromatic carbocycles. The van der Waals surface area contributed by atoms with Crippen LogP contribution >= 0.6 is 0 Å². The first-order valence-corrected chi connectivity index (χ1v) is 12.1. The lowest BCUT2D eigenvalue weighted by Gasteiger charge is -2.35. The number of aromatic nitrogens is 2. The van der Waals surface area contributed by atoms with Crippen LogP contribution in [0.4, 0.5) is 36.3 Å². The summed E-state index contributed by atoms with van der Waals surface area (Å²) in [6, 6.07) is 5.00. The molecule has 3 N–H and O–H groups in total. The molecule has 2 aromatic rings. The number of alkyl halides is 3. The molecule has 0 radical (unpaired) electrons. The molecule has 1 unspecified atom stereocenters. The molecule has 0 fully saturated rings. The van der Waals surface area contributed by atoms with Gasteiger partial charge >= 0.3 is 6.18 Å². The molecule has 186 valence electrons. The zero-order chi connectivity index (χ0) is 25.4. The number of hydrogen-bond donors (Lipinski definition) is 3. The third-order valence-corrected chi connectivity index (χ3v) is 6.37. The minimum absolute atomic E-state index is 0.102. The number of carbonyl (C=O) groups is 1. The maximum Gasteiger partial charge on any atom is 0.421 e. The summed E-state index contributed by atoms with van der Waals surface area (Å²) in [5, 5.41) is 9.44. The predicted molar refractivity (Wildman–Crippen MR) is 123 cm³/mol.